The minimum atomic E-state index is -0.691. The van der Waals surface area contributed by atoms with E-state index in [-0.39, 0.29) is 0 Å². The van der Waals surface area contributed by atoms with Gasteiger partial charge in [0.05, 0.1) is 13.3 Å². The molecule has 3 N–H and O–H groups in total. The molecule has 0 atom stereocenters. The molecule has 0 aliphatic rings. The van der Waals surface area contributed by atoms with Crippen molar-refractivity contribution < 1.29 is 9.53 Å². The van der Waals surface area contributed by atoms with Gasteiger partial charge in [0.2, 0.25) is 0 Å². The fourth-order valence-corrected chi connectivity index (χ4v) is 0.892. The molecule has 0 unspecified atom stereocenters. The van der Waals surface area contributed by atoms with Gasteiger partial charge in [-0.15, -0.1) is 0 Å². The lowest BCUT2D eigenvalue weighted by Crippen LogP contribution is -2.24. The molecule has 74 valence electrons. The molecule has 0 saturated heterocycles. The van der Waals surface area contributed by atoms with E-state index in [0.717, 1.165) is 11.3 Å². The first-order valence-corrected chi connectivity index (χ1v) is 3.95. The zero-order valence-electron chi connectivity index (χ0n) is 7.73. The number of carbonyl (C=O) groups excluding carboxylic acids is 1. The number of methoxy groups -OCH3 is 1. The van der Waals surface area contributed by atoms with Crippen LogP contribution in [0.1, 0.15) is 5.56 Å². The van der Waals surface area contributed by atoms with E-state index in [1.54, 1.807) is 13.2 Å². The molecule has 14 heavy (non-hydrogen) atoms. The molecule has 0 radical (unpaired) electrons. The first kappa shape index (κ1) is 10.0. The van der Waals surface area contributed by atoms with E-state index in [1.165, 1.54) is 6.21 Å². The molecule has 1 aromatic carbocycles. The Hall–Kier alpha value is -2.04. The third-order valence-corrected chi connectivity index (χ3v) is 1.48. The van der Waals surface area contributed by atoms with Crippen molar-refractivity contribution in [1.82, 2.24) is 5.43 Å². The van der Waals surface area contributed by atoms with E-state index in [2.05, 4.69) is 10.5 Å². The molecule has 1 rings (SSSR count). The summed E-state index contributed by atoms with van der Waals surface area (Å²) in [6, 6.07) is 6.56. The number of benzene rings is 1. The van der Waals surface area contributed by atoms with Gasteiger partial charge in [0.25, 0.3) is 0 Å². The smallest absolute Gasteiger partial charge is 0.332 e. The lowest BCUT2D eigenvalue weighted by molar-refractivity contribution is 0.249. The summed E-state index contributed by atoms with van der Waals surface area (Å²) in [5.74, 6) is 0.730. The number of hydrazone groups is 1. The van der Waals surface area contributed by atoms with Gasteiger partial charge in [-0.2, -0.15) is 5.10 Å². The van der Waals surface area contributed by atoms with Gasteiger partial charge < -0.3 is 10.5 Å². The molecule has 0 aliphatic heterocycles. The summed E-state index contributed by atoms with van der Waals surface area (Å²) in [6.45, 7) is 0. The quantitative estimate of drug-likeness (QED) is 0.547. The average molecular weight is 193 g/mol. The Morgan fingerprint density at radius 1 is 1.64 bits per heavy atom. The third kappa shape index (κ3) is 3.14. The number of nitrogens with zero attached hydrogens (tertiary/aromatic N) is 1. The van der Waals surface area contributed by atoms with Crippen LogP contribution in [0.25, 0.3) is 0 Å². The molecule has 5 nitrogen and oxygen atoms in total. The molecule has 0 bridgehead atoms. The van der Waals surface area contributed by atoms with Gasteiger partial charge in [-0.25, -0.2) is 10.2 Å². The average Bonchev–Trinajstić information content (AvgIpc) is 2.18. The molecule has 0 saturated carbocycles. The number of ether oxygens (including phenoxy) is 1. The molecule has 0 aromatic heterocycles. The van der Waals surface area contributed by atoms with Crippen LogP contribution in [0.3, 0.4) is 0 Å². The van der Waals surface area contributed by atoms with Crippen molar-refractivity contribution in [2.24, 2.45) is 10.8 Å². The van der Waals surface area contributed by atoms with Gasteiger partial charge in [-0.05, 0) is 17.7 Å². The highest BCUT2D eigenvalue weighted by Crippen LogP contribution is 2.10. The second kappa shape index (κ2) is 4.86. The number of primary amides is 1. The Morgan fingerprint density at radius 3 is 3.07 bits per heavy atom. The first-order chi connectivity index (χ1) is 6.72. The first-order valence-electron chi connectivity index (χ1n) is 3.95. The number of rotatable bonds is 3. The highest BCUT2D eigenvalue weighted by Gasteiger charge is 1.92. The van der Waals surface area contributed by atoms with Crippen LogP contribution in [-0.2, 0) is 0 Å². The second-order valence-corrected chi connectivity index (χ2v) is 2.51. The van der Waals surface area contributed by atoms with Gasteiger partial charge in [-0.1, -0.05) is 12.1 Å². The Labute approximate surface area is 81.6 Å². The SMILES string of the molecule is COc1cccc(/C=N\NC(N)=O)c1. The van der Waals surface area contributed by atoms with Crippen molar-refractivity contribution in [1.29, 1.82) is 0 Å². The summed E-state index contributed by atoms with van der Waals surface area (Å²) >= 11 is 0. The topological polar surface area (TPSA) is 76.7 Å². The fraction of sp³-hybridized carbons (Fsp3) is 0.111. The van der Waals surface area contributed by atoms with Gasteiger partial charge in [-0.3, -0.25) is 0 Å². The van der Waals surface area contributed by atoms with Crippen LogP contribution in [0.5, 0.6) is 5.75 Å². The highest BCUT2D eigenvalue weighted by atomic mass is 16.5. The van der Waals surface area contributed by atoms with Crippen molar-refractivity contribution in [3.05, 3.63) is 29.8 Å². The number of urea groups is 1. The minimum Gasteiger partial charge on any atom is -0.497 e. The summed E-state index contributed by atoms with van der Waals surface area (Å²) in [5, 5.41) is 3.61. The standard InChI is InChI=1S/C9H11N3O2/c1-14-8-4-2-3-7(5-8)6-11-12-9(10)13/h2-6H,1H3,(H3,10,12,13)/b11-6-. The van der Waals surface area contributed by atoms with E-state index in [4.69, 9.17) is 10.5 Å². The lowest BCUT2D eigenvalue weighted by Gasteiger charge is -1.99. The van der Waals surface area contributed by atoms with Gasteiger partial charge in [0, 0.05) is 0 Å². The van der Waals surface area contributed by atoms with E-state index in [0.29, 0.717) is 0 Å². The van der Waals surface area contributed by atoms with Crippen LogP contribution in [0, 0.1) is 0 Å². The molecule has 0 aliphatic carbocycles. The molecule has 1 aromatic rings. The Morgan fingerprint density at radius 2 is 2.43 bits per heavy atom. The highest BCUT2D eigenvalue weighted by molar-refractivity contribution is 5.81. The fourth-order valence-electron chi connectivity index (χ4n) is 0.892. The zero-order chi connectivity index (χ0) is 10.4. The third-order valence-electron chi connectivity index (χ3n) is 1.48. The van der Waals surface area contributed by atoms with Crippen molar-refractivity contribution in [3.8, 4) is 5.75 Å². The summed E-state index contributed by atoms with van der Waals surface area (Å²) in [5.41, 5.74) is 7.74. The van der Waals surface area contributed by atoms with Gasteiger partial charge >= 0.3 is 6.03 Å². The number of nitrogens with two attached hydrogens (primary N) is 1. The molecule has 2 amide bonds. The molecule has 0 spiro atoms. The van der Waals surface area contributed by atoms with Gasteiger partial charge in [0.1, 0.15) is 5.75 Å². The van der Waals surface area contributed by atoms with Crippen molar-refractivity contribution >= 4 is 12.2 Å². The Bertz CT molecular complexity index is 350. The lowest BCUT2D eigenvalue weighted by atomic mass is 10.2. The minimum absolute atomic E-state index is 0.691. The molecular formula is C9H11N3O2. The predicted molar refractivity (Wildman–Crippen MR) is 53.3 cm³/mol. The Kier molecular flexibility index (Phi) is 3.49. The van der Waals surface area contributed by atoms with Crippen molar-refractivity contribution in [2.45, 2.75) is 0 Å². The van der Waals surface area contributed by atoms with Crippen LogP contribution < -0.4 is 15.9 Å². The maximum Gasteiger partial charge on any atom is 0.332 e. The summed E-state index contributed by atoms with van der Waals surface area (Å²) in [4.78, 5) is 10.3. The van der Waals surface area contributed by atoms with E-state index in [9.17, 15) is 4.79 Å². The number of carbonyl (C=O) groups is 1. The monoisotopic (exact) mass is 193 g/mol. The normalized spacial score (nSPS) is 10.1. The summed E-state index contributed by atoms with van der Waals surface area (Å²) < 4.78 is 5.01. The molecular weight excluding hydrogens is 182 g/mol. The zero-order valence-corrected chi connectivity index (χ0v) is 7.73. The maximum atomic E-state index is 10.3. The number of hydrogen-bond donors (Lipinski definition) is 2. The number of amides is 2. The summed E-state index contributed by atoms with van der Waals surface area (Å²) in [6.07, 6.45) is 1.48. The molecule has 0 fully saturated rings. The van der Waals surface area contributed by atoms with Crippen LogP contribution in [0.4, 0.5) is 4.79 Å². The number of nitrogens with one attached hydrogen (secondary N) is 1. The maximum absolute atomic E-state index is 10.3. The number of hydrogen-bond acceptors (Lipinski definition) is 3. The molecule has 5 heteroatoms. The predicted octanol–water partition coefficient (Wildman–Crippen LogP) is 0.697. The largest absolute Gasteiger partial charge is 0.497 e. The van der Waals surface area contributed by atoms with E-state index in [1.807, 2.05) is 18.2 Å². The van der Waals surface area contributed by atoms with Crippen LogP contribution in [-0.4, -0.2) is 19.4 Å². The van der Waals surface area contributed by atoms with Crippen molar-refractivity contribution in [3.63, 3.8) is 0 Å². The van der Waals surface area contributed by atoms with Crippen LogP contribution in [0.2, 0.25) is 0 Å². The summed E-state index contributed by atoms with van der Waals surface area (Å²) in [7, 11) is 1.58. The van der Waals surface area contributed by atoms with E-state index >= 15 is 0 Å². The van der Waals surface area contributed by atoms with Gasteiger partial charge in [0.15, 0.2) is 0 Å². The second-order valence-electron chi connectivity index (χ2n) is 2.51. The van der Waals surface area contributed by atoms with Crippen molar-refractivity contribution in [2.75, 3.05) is 7.11 Å². The molecule has 0 heterocycles. The van der Waals surface area contributed by atoms with Crippen LogP contribution in [0.15, 0.2) is 29.4 Å². The Balaban J connectivity index is 2.66. The van der Waals surface area contributed by atoms with Crippen LogP contribution >= 0.6 is 0 Å². The van der Waals surface area contributed by atoms with E-state index < -0.39 is 6.03 Å².